The van der Waals surface area contributed by atoms with Crippen LogP contribution in [0.1, 0.15) is 115 Å². The van der Waals surface area contributed by atoms with Crippen molar-refractivity contribution in [2.24, 2.45) is 5.41 Å². The summed E-state index contributed by atoms with van der Waals surface area (Å²) in [5, 5.41) is 0. The minimum absolute atomic E-state index is 0.114. The molecule has 0 heteroatoms. The Hall–Kier alpha value is -2.86. The van der Waals surface area contributed by atoms with Gasteiger partial charge in [0.05, 0.1) is 0 Å². The fourth-order valence-electron chi connectivity index (χ4n) is 6.38. The molecule has 0 nitrogen and oxygen atoms in total. The summed E-state index contributed by atoms with van der Waals surface area (Å²) < 4.78 is 0. The first-order valence-corrected chi connectivity index (χ1v) is 14.4. The van der Waals surface area contributed by atoms with E-state index in [1.165, 1.54) is 50.1 Å². The molecule has 0 saturated heterocycles. The van der Waals surface area contributed by atoms with Gasteiger partial charge in [-0.1, -0.05) is 146 Å². The van der Waals surface area contributed by atoms with E-state index < -0.39 is 0 Å². The van der Waals surface area contributed by atoms with Gasteiger partial charge in [0.15, 0.2) is 0 Å². The van der Waals surface area contributed by atoms with Gasteiger partial charge in [0.2, 0.25) is 0 Å². The van der Waals surface area contributed by atoms with E-state index in [0.29, 0.717) is 5.92 Å². The maximum atomic E-state index is 2.55. The number of hydrogen-bond acceptors (Lipinski definition) is 0. The smallest absolute Gasteiger partial charge is 0.0211 e. The summed E-state index contributed by atoms with van der Waals surface area (Å²) in [6.07, 6.45) is 3.64. The molecule has 0 aliphatic heterocycles. The third-order valence-electron chi connectivity index (χ3n) is 8.87. The predicted molar refractivity (Wildman–Crippen MR) is 165 cm³/mol. The molecule has 0 aromatic heterocycles. The minimum Gasteiger partial charge on any atom is -0.0654 e. The fraction of sp³-hybridized carbons (Fsp3) is 0.421. The first-order valence-electron chi connectivity index (χ1n) is 14.4. The summed E-state index contributed by atoms with van der Waals surface area (Å²) in [6.45, 7) is 23.4. The molecule has 2 aliphatic carbocycles. The molecule has 3 aromatic carbocycles. The van der Waals surface area contributed by atoms with Crippen molar-refractivity contribution in [3.8, 4) is 11.1 Å². The normalized spacial score (nSPS) is 16.9. The highest BCUT2D eigenvalue weighted by molar-refractivity contribution is 5.81. The first-order chi connectivity index (χ1) is 17.7. The standard InChI is InChI=1S/C38H46/c1-24-20-28(38(8,9)10)23-31(24)34(25-14-12-11-13-15-25)35-29-18-16-26(36(2,3)4)21-32(29)33-22-27(37(5,6)7)17-19-30(33)35/h11-19,21-23,34-35H,20H2,1-10H3. The topological polar surface area (TPSA) is 0 Å². The van der Waals surface area contributed by atoms with Crippen LogP contribution in [0.25, 0.3) is 11.1 Å². The molecule has 0 N–H and O–H groups in total. The van der Waals surface area contributed by atoms with E-state index in [4.69, 9.17) is 0 Å². The molecular formula is C38H46. The molecule has 3 aromatic rings. The van der Waals surface area contributed by atoms with Crippen LogP contribution in [0.5, 0.6) is 0 Å². The molecular weight excluding hydrogens is 456 g/mol. The molecule has 198 valence electrons. The third kappa shape index (κ3) is 4.72. The van der Waals surface area contributed by atoms with E-state index >= 15 is 0 Å². The highest BCUT2D eigenvalue weighted by Crippen LogP contribution is 2.56. The quantitative estimate of drug-likeness (QED) is 0.334. The van der Waals surface area contributed by atoms with Gasteiger partial charge >= 0.3 is 0 Å². The minimum atomic E-state index is 0.114. The van der Waals surface area contributed by atoms with Gasteiger partial charge in [0.25, 0.3) is 0 Å². The van der Waals surface area contributed by atoms with Crippen molar-refractivity contribution in [3.63, 3.8) is 0 Å². The van der Waals surface area contributed by atoms with Gasteiger partial charge in [-0.2, -0.15) is 0 Å². The van der Waals surface area contributed by atoms with Crippen molar-refractivity contribution in [2.45, 2.75) is 98.3 Å². The van der Waals surface area contributed by atoms with Crippen LogP contribution in [0, 0.1) is 5.41 Å². The summed E-state index contributed by atoms with van der Waals surface area (Å²) >= 11 is 0. The average molecular weight is 503 g/mol. The molecule has 0 spiro atoms. The summed E-state index contributed by atoms with van der Waals surface area (Å²) in [6, 6.07) is 25.9. The second-order valence-electron chi connectivity index (χ2n) is 14.8. The van der Waals surface area contributed by atoms with E-state index in [-0.39, 0.29) is 22.2 Å². The van der Waals surface area contributed by atoms with E-state index in [0.717, 1.165) is 6.42 Å². The fourth-order valence-corrected chi connectivity index (χ4v) is 6.38. The van der Waals surface area contributed by atoms with E-state index in [1.807, 2.05) is 0 Å². The van der Waals surface area contributed by atoms with Gasteiger partial charge < -0.3 is 0 Å². The Labute approximate surface area is 231 Å². The maximum absolute atomic E-state index is 2.55. The molecule has 0 bridgehead atoms. The first kappa shape index (κ1) is 26.7. The summed E-state index contributed by atoms with van der Waals surface area (Å²) in [5.74, 6) is 0.586. The van der Waals surface area contributed by atoms with Crippen LogP contribution < -0.4 is 0 Å². The van der Waals surface area contributed by atoms with Gasteiger partial charge in [0, 0.05) is 11.8 Å². The van der Waals surface area contributed by atoms with Gasteiger partial charge in [0.1, 0.15) is 0 Å². The lowest BCUT2D eigenvalue weighted by Gasteiger charge is -2.29. The molecule has 2 aliphatic rings. The number of fused-ring (bicyclic) bond motifs is 3. The van der Waals surface area contributed by atoms with Gasteiger partial charge in [-0.15, -0.1) is 0 Å². The second kappa shape index (κ2) is 9.11. The Morgan fingerprint density at radius 1 is 0.632 bits per heavy atom. The van der Waals surface area contributed by atoms with Crippen molar-refractivity contribution in [1.82, 2.24) is 0 Å². The Morgan fingerprint density at radius 2 is 1.13 bits per heavy atom. The zero-order valence-electron chi connectivity index (χ0n) is 25.3. The Morgan fingerprint density at radius 3 is 1.55 bits per heavy atom. The summed E-state index contributed by atoms with van der Waals surface area (Å²) in [7, 11) is 0. The number of benzene rings is 3. The number of rotatable bonds is 3. The second-order valence-corrected chi connectivity index (χ2v) is 14.8. The summed E-state index contributed by atoms with van der Waals surface area (Å²) in [4.78, 5) is 0. The lowest BCUT2D eigenvalue weighted by Crippen LogP contribution is -2.15. The van der Waals surface area contributed by atoms with Crippen LogP contribution in [0.15, 0.2) is 89.5 Å². The van der Waals surface area contributed by atoms with Crippen molar-refractivity contribution < 1.29 is 0 Å². The number of allylic oxidation sites excluding steroid dienone is 4. The maximum Gasteiger partial charge on any atom is 0.0211 e. The van der Waals surface area contributed by atoms with Crippen LogP contribution in [0.3, 0.4) is 0 Å². The molecule has 0 heterocycles. The average Bonchev–Trinajstić information content (AvgIpc) is 3.37. The molecule has 0 fully saturated rings. The van der Waals surface area contributed by atoms with Crippen molar-refractivity contribution in [3.05, 3.63) is 117 Å². The SMILES string of the molecule is CC1=C(C(c2ccccc2)C2c3ccc(C(C)(C)C)cc3-c3cc(C(C)(C)C)ccc32)C=C(C(C)(C)C)C1. The van der Waals surface area contributed by atoms with Crippen molar-refractivity contribution in [2.75, 3.05) is 0 Å². The van der Waals surface area contributed by atoms with Gasteiger partial charge in [-0.05, 0) is 74.1 Å². The number of hydrogen-bond donors (Lipinski definition) is 0. The third-order valence-corrected chi connectivity index (χ3v) is 8.87. The Balaban J connectivity index is 1.78. The van der Waals surface area contributed by atoms with Gasteiger partial charge in [-0.25, -0.2) is 0 Å². The molecule has 0 amide bonds. The predicted octanol–water partition coefficient (Wildman–Crippen LogP) is 10.9. The highest BCUT2D eigenvalue weighted by atomic mass is 14.4. The molecule has 38 heavy (non-hydrogen) atoms. The van der Waals surface area contributed by atoms with E-state index in [1.54, 1.807) is 5.57 Å². The lowest BCUT2D eigenvalue weighted by molar-refractivity contribution is 0.494. The van der Waals surface area contributed by atoms with Crippen molar-refractivity contribution in [1.29, 1.82) is 0 Å². The van der Waals surface area contributed by atoms with Crippen molar-refractivity contribution >= 4 is 0 Å². The van der Waals surface area contributed by atoms with Crippen LogP contribution in [0.4, 0.5) is 0 Å². The molecule has 0 saturated carbocycles. The van der Waals surface area contributed by atoms with E-state index in [2.05, 4.69) is 142 Å². The van der Waals surface area contributed by atoms with Crippen LogP contribution in [-0.2, 0) is 10.8 Å². The highest BCUT2D eigenvalue weighted by Gasteiger charge is 2.40. The summed E-state index contributed by atoms with van der Waals surface area (Å²) in [5.41, 5.74) is 15.1. The monoisotopic (exact) mass is 502 g/mol. The zero-order chi connectivity index (χ0) is 27.6. The molecule has 1 unspecified atom stereocenters. The Bertz CT molecular complexity index is 1360. The van der Waals surface area contributed by atoms with Crippen LogP contribution in [-0.4, -0.2) is 0 Å². The molecule has 0 radical (unpaired) electrons. The van der Waals surface area contributed by atoms with Crippen LogP contribution in [0.2, 0.25) is 0 Å². The largest absolute Gasteiger partial charge is 0.0654 e. The lowest BCUT2D eigenvalue weighted by atomic mass is 9.74. The van der Waals surface area contributed by atoms with Gasteiger partial charge in [-0.3, -0.25) is 0 Å². The van der Waals surface area contributed by atoms with E-state index in [9.17, 15) is 0 Å². The Kier molecular flexibility index (Phi) is 6.41. The molecule has 5 rings (SSSR count). The zero-order valence-corrected chi connectivity index (χ0v) is 25.3. The molecule has 1 atom stereocenters. The van der Waals surface area contributed by atoms with Crippen LogP contribution >= 0.6 is 0 Å².